The van der Waals surface area contributed by atoms with E-state index in [0.29, 0.717) is 0 Å². The lowest BCUT2D eigenvalue weighted by molar-refractivity contribution is -0.175. The van der Waals surface area contributed by atoms with Crippen LogP contribution in [0.15, 0.2) is 0 Å². The maximum Gasteiger partial charge on any atom is 0.312 e. The van der Waals surface area contributed by atoms with Gasteiger partial charge in [0.1, 0.15) is 5.60 Å². The molecule has 0 aromatic carbocycles. The zero-order valence-electron chi connectivity index (χ0n) is 13.8. The molecule has 0 radical (unpaired) electrons. The first-order chi connectivity index (χ1) is 8.60. The van der Waals surface area contributed by atoms with Gasteiger partial charge in [-0.25, -0.2) is 0 Å². The summed E-state index contributed by atoms with van der Waals surface area (Å²) in [4.78, 5) is 12.6. The molecule has 1 rings (SSSR count). The zero-order valence-corrected chi connectivity index (χ0v) is 13.8. The van der Waals surface area contributed by atoms with Gasteiger partial charge in [0.25, 0.3) is 0 Å². The quantitative estimate of drug-likeness (QED) is 0.663. The van der Waals surface area contributed by atoms with Crippen LogP contribution in [0.4, 0.5) is 0 Å². The van der Waals surface area contributed by atoms with E-state index in [1.807, 2.05) is 0 Å². The average Bonchev–Trinajstić information content (AvgIpc) is 2.27. The highest BCUT2D eigenvalue weighted by Crippen LogP contribution is 2.40. The van der Waals surface area contributed by atoms with E-state index in [2.05, 4.69) is 41.5 Å². The number of rotatable bonds is 4. The van der Waals surface area contributed by atoms with Crippen molar-refractivity contribution in [3.63, 3.8) is 0 Å². The third kappa shape index (κ3) is 4.81. The van der Waals surface area contributed by atoms with Crippen LogP contribution in [0.2, 0.25) is 0 Å². The molecule has 0 bridgehead atoms. The van der Waals surface area contributed by atoms with E-state index in [-0.39, 0.29) is 22.4 Å². The Morgan fingerprint density at radius 1 is 1.11 bits per heavy atom. The molecule has 112 valence electrons. The molecule has 1 atom stereocenters. The summed E-state index contributed by atoms with van der Waals surface area (Å²) in [5.74, 6) is 0.00863. The van der Waals surface area contributed by atoms with Crippen LogP contribution in [0.1, 0.15) is 86.5 Å². The molecule has 2 heteroatoms. The van der Waals surface area contributed by atoms with Gasteiger partial charge in [0.05, 0.1) is 5.41 Å². The first kappa shape index (κ1) is 16.5. The van der Waals surface area contributed by atoms with Crippen molar-refractivity contribution in [3.8, 4) is 0 Å². The second-order valence-electron chi connectivity index (χ2n) is 8.05. The van der Waals surface area contributed by atoms with Crippen LogP contribution in [0.3, 0.4) is 0 Å². The van der Waals surface area contributed by atoms with Crippen LogP contribution in [-0.4, -0.2) is 11.6 Å². The average molecular weight is 268 g/mol. The molecule has 1 unspecified atom stereocenters. The standard InChI is InChI=1S/C17H32O2/c1-7-16(5,13-15(2,3)4)14(18)19-17(6)11-9-8-10-12-17/h7-13H2,1-6H3. The van der Waals surface area contributed by atoms with Gasteiger partial charge in [-0.1, -0.05) is 34.1 Å². The van der Waals surface area contributed by atoms with Crippen LogP contribution in [0.5, 0.6) is 0 Å². The van der Waals surface area contributed by atoms with E-state index in [4.69, 9.17) is 4.74 Å². The summed E-state index contributed by atoms with van der Waals surface area (Å²) in [7, 11) is 0. The molecule has 0 aromatic rings. The van der Waals surface area contributed by atoms with Crippen molar-refractivity contribution in [2.75, 3.05) is 0 Å². The van der Waals surface area contributed by atoms with Gasteiger partial charge in [-0.05, 0) is 57.8 Å². The predicted octanol–water partition coefficient (Wildman–Crippen LogP) is 5.10. The van der Waals surface area contributed by atoms with Crippen LogP contribution < -0.4 is 0 Å². The Kier molecular flexibility index (Phi) is 5.08. The molecule has 0 aromatic heterocycles. The molecule has 0 aliphatic heterocycles. The summed E-state index contributed by atoms with van der Waals surface area (Å²) < 4.78 is 5.94. The maximum absolute atomic E-state index is 12.6. The first-order valence-corrected chi connectivity index (χ1v) is 7.84. The Bertz CT molecular complexity index is 308. The molecule has 1 fully saturated rings. The first-order valence-electron chi connectivity index (χ1n) is 7.84. The normalized spacial score (nSPS) is 22.6. The van der Waals surface area contributed by atoms with Gasteiger partial charge in [0.2, 0.25) is 0 Å². The van der Waals surface area contributed by atoms with E-state index in [1.54, 1.807) is 0 Å². The van der Waals surface area contributed by atoms with E-state index >= 15 is 0 Å². The number of esters is 1. The van der Waals surface area contributed by atoms with Crippen molar-refractivity contribution in [2.24, 2.45) is 10.8 Å². The molecule has 1 aliphatic carbocycles. The van der Waals surface area contributed by atoms with Gasteiger partial charge in [-0.3, -0.25) is 4.79 Å². The summed E-state index contributed by atoms with van der Waals surface area (Å²) in [6.07, 6.45) is 7.42. The third-order valence-corrected chi connectivity index (χ3v) is 4.44. The molecular formula is C17H32O2. The largest absolute Gasteiger partial charge is 0.459 e. The lowest BCUT2D eigenvalue weighted by atomic mass is 9.73. The van der Waals surface area contributed by atoms with E-state index in [0.717, 1.165) is 25.7 Å². The minimum atomic E-state index is -0.349. The number of hydrogen-bond acceptors (Lipinski definition) is 2. The summed E-state index contributed by atoms with van der Waals surface area (Å²) in [5, 5.41) is 0. The number of carbonyl (C=O) groups excluding carboxylic acids is 1. The van der Waals surface area contributed by atoms with Gasteiger partial charge in [-0.15, -0.1) is 0 Å². The summed E-state index contributed by atoms with van der Waals surface area (Å²) in [6.45, 7) is 12.8. The summed E-state index contributed by atoms with van der Waals surface area (Å²) in [6, 6.07) is 0. The number of carbonyl (C=O) groups is 1. The topological polar surface area (TPSA) is 26.3 Å². The molecule has 0 heterocycles. The third-order valence-electron chi connectivity index (χ3n) is 4.44. The maximum atomic E-state index is 12.6. The number of hydrogen-bond donors (Lipinski definition) is 0. The molecule has 0 amide bonds. The van der Waals surface area contributed by atoms with Gasteiger partial charge in [-0.2, -0.15) is 0 Å². The molecule has 19 heavy (non-hydrogen) atoms. The highest BCUT2D eigenvalue weighted by atomic mass is 16.6. The monoisotopic (exact) mass is 268 g/mol. The van der Waals surface area contributed by atoms with Gasteiger partial charge in [0.15, 0.2) is 0 Å². The van der Waals surface area contributed by atoms with Crippen molar-refractivity contribution in [1.82, 2.24) is 0 Å². The van der Waals surface area contributed by atoms with Crippen LogP contribution >= 0.6 is 0 Å². The Morgan fingerprint density at radius 2 is 1.63 bits per heavy atom. The van der Waals surface area contributed by atoms with Crippen molar-refractivity contribution >= 4 is 5.97 Å². The van der Waals surface area contributed by atoms with Gasteiger partial charge < -0.3 is 4.74 Å². The van der Waals surface area contributed by atoms with Crippen molar-refractivity contribution in [1.29, 1.82) is 0 Å². The summed E-state index contributed by atoms with van der Waals surface area (Å²) >= 11 is 0. The minimum absolute atomic E-state index is 0.00863. The van der Waals surface area contributed by atoms with E-state index in [1.165, 1.54) is 19.3 Å². The molecule has 1 saturated carbocycles. The predicted molar refractivity (Wildman–Crippen MR) is 80.1 cm³/mol. The Hall–Kier alpha value is -0.530. The van der Waals surface area contributed by atoms with Crippen LogP contribution in [0, 0.1) is 10.8 Å². The molecule has 0 N–H and O–H groups in total. The minimum Gasteiger partial charge on any atom is -0.459 e. The highest BCUT2D eigenvalue weighted by Gasteiger charge is 2.41. The fraction of sp³-hybridized carbons (Fsp3) is 0.941. The SMILES string of the molecule is CCC(C)(CC(C)(C)C)C(=O)OC1(C)CCCCC1. The smallest absolute Gasteiger partial charge is 0.312 e. The molecule has 0 spiro atoms. The lowest BCUT2D eigenvalue weighted by Crippen LogP contribution is -2.41. The highest BCUT2D eigenvalue weighted by molar-refractivity contribution is 5.76. The molecule has 2 nitrogen and oxygen atoms in total. The van der Waals surface area contributed by atoms with Crippen molar-refractivity contribution in [2.45, 2.75) is 92.1 Å². The molecular weight excluding hydrogens is 236 g/mol. The fourth-order valence-corrected chi connectivity index (χ4v) is 3.26. The van der Waals surface area contributed by atoms with Crippen LogP contribution in [0.25, 0.3) is 0 Å². The van der Waals surface area contributed by atoms with E-state index in [9.17, 15) is 4.79 Å². The Labute approximate surface area is 119 Å². The van der Waals surface area contributed by atoms with E-state index < -0.39 is 0 Å². The fourth-order valence-electron chi connectivity index (χ4n) is 3.26. The van der Waals surface area contributed by atoms with Gasteiger partial charge in [0, 0.05) is 0 Å². The Morgan fingerprint density at radius 3 is 2.05 bits per heavy atom. The van der Waals surface area contributed by atoms with Gasteiger partial charge >= 0.3 is 5.97 Å². The molecule has 0 saturated heterocycles. The zero-order chi connectivity index (χ0) is 14.7. The Balaban J connectivity index is 2.73. The van der Waals surface area contributed by atoms with Crippen molar-refractivity contribution in [3.05, 3.63) is 0 Å². The number of ether oxygens (including phenoxy) is 1. The van der Waals surface area contributed by atoms with Crippen LogP contribution in [-0.2, 0) is 9.53 Å². The summed E-state index contributed by atoms with van der Waals surface area (Å²) in [5.41, 5.74) is -0.417. The molecule has 1 aliphatic rings. The lowest BCUT2D eigenvalue weighted by Gasteiger charge is -2.39. The second kappa shape index (κ2) is 5.85. The van der Waals surface area contributed by atoms with Crippen molar-refractivity contribution < 1.29 is 9.53 Å². The second-order valence-corrected chi connectivity index (χ2v) is 8.05.